The van der Waals surface area contributed by atoms with Crippen molar-refractivity contribution in [3.05, 3.63) is 46.6 Å². The Morgan fingerprint density at radius 3 is 3.00 bits per heavy atom. The Hall–Kier alpha value is -1.50. The van der Waals surface area contributed by atoms with Crippen LogP contribution in [0.25, 0.3) is 12.2 Å². The monoisotopic (exact) mass is 157 g/mol. The van der Waals surface area contributed by atoms with Gasteiger partial charge in [-0.2, -0.15) is 0 Å². The zero-order valence-electron chi connectivity index (χ0n) is 7.04. The van der Waals surface area contributed by atoms with Gasteiger partial charge in [0, 0.05) is 11.5 Å². The summed E-state index contributed by atoms with van der Waals surface area (Å²) in [5.41, 5.74) is 1.27. The molecule has 0 amide bonds. The van der Waals surface area contributed by atoms with Crippen LogP contribution in [-0.2, 0) is 0 Å². The number of allylic oxidation sites excluding steroid dienone is 4. The molecule has 12 heavy (non-hydrogen) atoms. The third kappa shape index (κ3) is 1.26. The lowest BCUT2D eigenvalue weighted by Gasteiger charge is -1.89. The molecule has 1 aliphatic rings. The van der Waals surface area contributed by atoms with E-state index >= 15 is 0 Å². The third-order valence-corrected chi connectivity index (χ3v) is 1.96. The fourth-order valence-electron chi connectivity index (χ4n) is 1.26. The molecule has 1 aromatic rings. The summed E-state index contributed by atoms with van der Waals surface area (Å²) in [5, 5.41) is 2.42. The Morgan fingerprint density at radius 2 is 2.08 bits per heavy atom. The van der Waals surface area contributed by atoms with E-state index in [9.17, 15) is 0 Å². The average molecular weight is 157 g/mol. The minimum atomic E-state index is 1.18. The summed E-state index contributed by atoms with van der Waals surface area (Å²) in [6.07, 6.45) is 12.5. The summed E-state index contributed by atoms with van der Waals surface area (Å²) in [7, 11) is 0. The minimum absolute atomic E-state index is 1.18. The van der Waals surface area contributed by atoms with Crippen molar-refractivity contribution in [2.75, 3.05) is 0 Å². The zero-order chi connectivity index (χ0) is 8.39. The molecule has 0 aromatic carbocycles. The van der Waals surface area contributed by atoms with E-state index < -0.39 is 0 Å². The highest BCUT2D eigenvalue weighted by Crippen LogP contribution is 1.95. The number of fused-ring (bicyclic) bond motifs is 1. The van der Waals surface area contributed by atoms with E-state index in [0.717, 1.165) is 0 Å². The second-order valence-corrected chi connectivity index (χ2v) is 2.95. The van der Waals surface area contributed by atoms with Gasteiger partial charge in [-0.3, -0.25) is 0 Å². The Morgan fingerprint density at radius 1 is 1.17 bits per heavy atom. The van der Waals surface area contributed by atoms with Crippen LogP contribution >= 0.6 is 0 Å². The molecule has 0 radical (unpaired) electrons. The van der Waals surface area contributed by atoms with Crippen molar-refractivity contribution in [1.82, 2.24) is 4.98 Å². The first-order chi connectivity index (χ1) is 5.86. The fourth-order valence-corrected chi connectivity index (χ4v) is 1.26. The maximum atomic E-state index is 3.18. The molecule has 2 rings (SSSR count). The predicted octanol–water partition coefficient (Wildman–Crippen LogP) is 1.09. The van der Waals surface area contributed by atoms with Crippen LogP contribution in [-0.4, -0.2) is 4.98 Å². The Bertz CT molecular complexity index is 444. The van der Waals surface area contributed by atoms with Crippen LogP contribution in [0.5, 0.6) is 0 Å². The van der Waals surface area contributed by atoms with Crippen LogP contribution in [0.1, 0.15) is 6.92 Å². The van der Waals surface area contributed by atoms with Crippen molar-refractivity contribution in [2.45, 2.75) is 6.92 Å². The number of rotatable bonds is 0. The summed E-state index contributed by atoms with van der Waals surface area (Å²) >= 11 is 0. The maximum Gasteiger partial charge on any atom is 0.0453 e. The lowest BCUT2D eigenvalue weighted by Crippen LogP contribution is -2.21. The lowest BCUT2D eigenvalue weighted by atomic mass is 10.2. The molecule has 0 unspecified atom stereocenters. The molecule has 1 nitrogen and oxygen atoms in total. The van der Waals surface area contributed by atoms with E-state index in [1.165, 1.54) is 16.1 Å². The molecule has 1 aromatic heterocycles. The largest absolute Gasteiger partial charge is 0.361 e. The predicted molar refractivity (Wildman–Crippen MR) is 51.9 cm³/mol. The summed E-state index contributed by atoms with van der Waals surface area (Å²) in [5.74, 6) is 0. The molecule has 0 fully saturated rings. The van der Waals surface area contributed by atoms with Gasteiger partial charge in [-0.15, -0.1) is 0 Å². The molecule has 0 bridgehead atoms. The van der Waals surface area contributed by atoms with Crippen molar-refractivity contribution in [3.8, 4) is 0 Å². The normalized spacial score (nSPS) is 27.6. The highest BCUT2D eigenvalue weighted by Gasteiger charge is 1.86. The maximum absolute atomic E-state index is 3.18. The Labute approximate surface area is 71.4 Å². The number of aromatic amines is 1. The third-order valence-electron chi connectivity index (χ3n) is 1.96. The summed E-state index contributed by atoms with van der Waals surface area (Å²) in [4.78, 5) is 3.18. The van der Waals surface area contributed by atoms with Crippen LogP contribution < -0.4 is 10.6 Å². The number of nitrogens with one attached hydrogen (secondary N) is 1. The molecular formula is C11H11N. The summed E-state index contributed by atoms with van der Waals surface area (Å²) < 4.78 is 0. The van der Waals surface area contributed by atoms with Crippen molar-refractivity contribution < 1.29 is 0 Å². The molecule has 1 N–H and O–H groups in total. The van der Waals surface area contributed by atoms with Crippen molar-refractivity contribution in [3.63, 3.8) is 0 Å². The van der Waals surface area contributed by atoms with Gasteiger partial charge in [0.2, 0.25) is 0 Å². The van der Waals surface area contributed by atoms with Gasteiger partial charge in [0.05, 0.1) is 0 Å². The van der Waals surface area contributed by atoms with Crippen molar-refractivity contribution in [2.24, 2.45) is 0 Å². The average Bonchev–Trinajstić information content (AvgIpc) is 2.45. The second-order valence-electron chi connectivity index (χ2n) is 2.95. The van der Waals surface area contributed by atoms with Crippen molar-refractivity contribution in [1.29, 1.82) is 0 Å². The van der Waals surface area contributed by atoms with Gasteiger partial charge >= 0.3 is 0 Å². The van der Waals surface area contributed by atoms with E-state index in [4.69, 9.17) is 0 Å². The number of hydrogen-bond acceptors (Lipinski definition) is 0. The first-order valence-electron chi connectivity index (χ1n) is 4.07. The molecule has 60 valence electrons. The van der Waals surface area contributed by atoms with Crippen LogP contribution in [0.4, 0.5) is 0 Å². The van der Waals surface area contributed by atoms with E-state index in [1.807, 2.05) is 6.20 Å². The van der Waals surface area contributed by atoms with Crippen molar-refractivity contribution >= 4 is 12.2 Å². The van der Waals surface area contributed by atoms with Gasteiger partial charge in [-0.05, 0) is 24.3 Å². The van der Waals surface area contributed by atoms with Crippen LogP contribution in [0.15, 0.2) is 36.1 Å². The molecule has 0 saturated carbocycles. The van der Waals surface area contributed by atoms with E-state index in [-0.39, 0.29) is 0 Å². The quantitative estimate of drug-likeness (QED) is 0.580. The van der Waals surface area contributed by atoms with Gasteiger partial charge in [0.15, 0.2) is 0 Å². The second kappa shape index (κ2) is 2.86. The molecule has 0 atom stereocenters. The first-order valence-corrected chi connectivity index (χ1v) is 4.07. The topological polar surface area (TPSA) is 15.8 Å². The van der Waals surface area contributed by atoms with Gasteiger partial charge < -0.3 is 4.98 Å². The molecule has 1 heterocycles. The van der Waals surface area contributed by atoms with E-state index in [2.05, 4.69) is 48.4 Å². The Kier molecular flexibility index (Phi) is 1.71. The zero-order valence-corrected chi connectivity index (χ0v) is 7.04. The molecule has 0 spiro atoms. The SMILES string of the molecule is CC1=C\C=c2\[nH]cc\c2=C\C=C\1. The van der Waals surface area contributed by atoms with Gasteiger partial charge in [0.1, 0.15) is 0 Å². The molecule has 0 saturated heterocycles. The smallest absolute Gasteiger partial charge is 0.0453 e. The highest BCUT2D eigenvalue weighted by atomic mass is 14.6. The number of aromatic nitrogens is 1. The fraction of sp³-hybridized carbons (Fsp3) is 0.0909. The number of hydrogen-bond donors (Lipinski definition) is 1. The molecule has 0 aliphatic heterocycles. The number of H-pyrrole nitrogens is 1. The van der Waals surface area contributed by atoms with Crippen LogP contribution in [0, 0.1) is 0 Å². The van der Waals surface area contributed by atoms with E-state index in [0.29, 0.717) is 0 Å². The summed E-state index contributed by atoms with van der Waals surface area (Å²) in [6.45, 7) is 2.09. The van der Waals surface area contributed by atoms with Gasteiger partial charge in [-0.1, -0.05) is 29.9 Å². The molecule has 1 aliphatic carbocycles. The summed E-state index contributed by atoms with van der Waals surface area (Å²) in [6, 6.07) is 2.07. The van der Waals surface area contributed by atoms with Crippen LogP contribution in [0.3, 0.4) is 0 Å². The highest BCUT2D eigenvalue weighted by molar-refractivity contribution is 5.49. The lowest BCUT2D eigenvalue weighted by molar-refractivity contribution is 1.31. The standard InChI is InChI=1S/C11H11N/c1-9-3-2-4-10-7-8-12-11(10)6-5-9/h2-8,12H,1H3/b3-2+,4-2?,6-5?,9-3?,9-5+,10-4-,11-6+. The minimum Gasteiger partial charge on any atom is -0.361 e. The Balaban J connectivity index is 2.74. The molecular weight excluding hydrogens is 146 g/mol. The van der Waals surface area contributed by atoms with Gasteiger partial charge in [-0.25, -0.2) is 0 Å². The first kappa shape index (κ1) is 7.17. The molecule has 1 heteroatoms. The van der Waals surface area contributed by atoms with Crippen LogP contribution in [0.2, 0.25) is 0 Å². The van der Waals surface area contributed by atoms with E-state index in [1.54, 1.807) is 0 Å². The van der Waals surface area contributed by atoms with Gasteiger partial charge in [0.25, 0.3) is 0 Å².